The van der Waals surface area contributed by atoms with Crippen LogP contribution in [0.15, 0.2) is 16.6 Å². The summed E-state index contributed by atoms with van der Waals surface area (Å²) in [4.78, 5) is 12.8. The van der Waals surface area contributed by atoms with Gasteiger partial charge in [-0.1, -0.05) is 0 Å². The molecule has 3 rings (SSSR count). The highest BCUT2D eigenvalue weighted by atomic mass is 79.9. The summed E-state index contributed by atoms with van der Waals surface area (Å²) in [5.74, 6) is -0.597. The molecule has 7 heteroatoms. The van der Waals surface area contributed by atoms with Gasteiger partial charge < -0.3 is 10.2 Å². The standard InChI is InChI=1S/C14H17BrFN3O2/c15-9-7-13(14(19(20)21)8-10(9)16)18-6-2-4-12(18)11-3-1-5-17-11/h7-8,11-12,17H,1-6H2. The molecule has 0 aromatic heterocycles. The number of nitrogens with zero attached hydrogens (tertiary/aromatic N) is 2. The number of hydrogen-bond donors (Lipinski definition) is 1. The molecule has 0 spiro atoms. The Bertz CT molecular complexity index is 563. The van der Waals surface area contributed by atoms with Gasteiger partial charge >= 0.3 is 0 Å². The first kappa shape index (κ1) is 14.7. The maximum atomic E-state index is 13.6. The number of halogens is 2. The van der Waals surface area contributed by atoms with Crippen molar-refractivity contribution >= 4 is 27.3 Å². The number of rotatable bonds is 3. The van der Waals surface area contributed by atoms with Gasteiger partial charge in [0.1, 0.15) is 11.5 Å². The fourth-order valence-corrected chi connectivity index (χ4v) is 3.78. The van der Waals surface area contributed by atoms with Crippen LogP contribution >= 0.6 is 15.9 Å². The highest BCUT2D eigenvalue weighted by Gasteiger charge is 2.36. The Morgan fingerprint density at radius 3 is 2.86 bits per heavy atom. The summed E-state index contributed by atoms with van der Waals surface area (Å²) in [5, 5.41) is 14.7. The van der Waals surface area contributed by atoms with Crippen LogP contribution in [0.25, 0.3) is 0 Å². The minimum Gasteiger partial charge on any atom is -0.361 e. The number of benzene rings is 1. The molecule has 1 N–H and O–H groups in total. The topological polar surface area (TPSA) is 58.4 Å². The molecule has 2 aliphatic rings. The van der Waals surface area contributed by atoms with Crippen molar-refractivity contribution in [2.24, 2.45) is 0 Å². The molecule has 114 valence electrons. The molecular formula is C14H17BrFN3O2. The highest BCUT2D eigenvalue weighted by Crippen LogP contribution is 2.38. The third-order valence-corrected chi connectivity index (χ3v) is 4.99. The summed E-state index contributed by atoms with van der Waals surface area (Å²) in [6.45, 7) is 1.78. The average Bonchev–Trinajstić information content (AvgIpc) is 3.09. The van der Waals surface area contributed by atoms with E-state index in [0.29, 0.717) is 11.7 Å². The first-order chi connectivity index (χ1) is 10.1. The van der Waals surface area contributed by atoms with Gasteiger partial charge in [0.25, 0.3) is 5.69 Å². The Hall–Kier alpha value is -1.21. The van der Waals surface area contributed by atoms with Gasteiger partial charge in [-0.25, -0.2) is 4.39 Å². The molecule has 2 aliphatic heterocycles. The number of hydrogen-bond acceptors (Lipinski definition) is 4. The van der Waals surface area contributed by atoms with Crippen molar-refractivity contribution in [1.29, 1.82) is 0 Å². The maximum absolute atomic E-state index is 13.6. The quantitative estimate of drug-likeness (QED) is 0.666. The van der Waals surface area contributed by atoms with Gasteiger partial charge in [0, 0.05) is 18.6 Å². The first-order valence-corrected chi connectivity index (χ1v) is 8.00. The fraction of sp³-hybridized carbons (Fsp3) is 0.571. The first-order valence-electron chi connectivity index (χ1n) is 7.21. The van der Waals surface area contributed by atoms with Crippen LogP contribution in [0.1, 0.15) is 25.7 Å². The van der Waals surface area contributed by atoms with Crippen molar-refractivity contribution in [3.63, 3.8) is 0 Å². The second-order valence-electron chi connectivity index (χ2n) is 5.62. The Morgan fingerprint density at radius 1 is 1.38 bits per heavy atom. The van der Waals surface area contributed by atoms with Crippen molar-refractivity contribution in [1.82, 2.24) is 5.32 Å². The summed E-state index contributed by atoms with van der Waals surface area (Å²) in [6, 6.07) is 3.18. The Labute approximate surface area is 130 Å². The molecule has 5 nitrogen and oxygen atoms in total. The fourth-order valence-electron chi connectivity index (χ4n) is 3.45. The molecular weight excluding hydrogens is 341 g/mol. The summed E-state index contributed by atoms with van der Waals surface area (Å²) in [5.41, 5.74) is 0.366. The largest absolute Gasteiger partial charge is 0.361 e. The molecule has 0 saturated carbocycles. The van der Waals surface area contributed by atoms with E-state index in [1.807, 2.05) is 0 Å². The highest BCUT2D eigenvalue weighted by molar-refractivity contribution is 9.10. The van der Waals surface area contributed by atoms with Crippen molar-refractivity contribution < 1.29 is 9.31 Å². The number of anilines is 1. The molecule has 0 amide bonds. The second-order valence-corrected chi connectivity index (χ2v) is 6.47. The zero-order valence-corrected chi connectivity index (χ0v) is 13.1. The predicted octanol–water partition coefficient (Wildman–Crippen LogP) is 3.22. The lowest BCUT2D eigenvalue weighted by Gasteiger charge is -2.31. The molecule has 1 aromatic rings. The molecule has 21 heavy (non-hydrogen) atoms. The maximum Gasteiger partial charge on any atom is 0.295 e. The average molecular weight is 358 g/mol. The van der Waals surface area contributed by atoms with Crippen LogP contribution in [0, 0.1) is 15.9 Å². The van der Waals surface area contributed by atoms with Crippen molar-refractivity contribution in [2.75, 3.05) is 18.0 Å². The second kappa shape index (κ2) is 5.88. The molecule has 2 saturated heterocycles. The Morgan fingerprint density at radius 2 is 2.19 bits per heavy atom. The van der Waals surface area contributed by atoms with Crippen molar-refractivity contribution in [3.05, 3.63) is 32.5 Å². The van der Waals surface area contributed by atoms with Crippen LogP contribution in [-0.2, 0) is 0 Å². The van der Waals surface area contributed by atoms with Gasteiger partial charge in [0.05, 0.1) is 15.5 Å². The number of nitrogens with one attached hydrogen (secondary N) is 1. The number of nitro benzene ring substituents is 1. The molecule has 2 atom stereocenters. The van der Waals surface area contributed by atoms with Crippen LogP contribution in [0.4, 0.5) is 15.8 Å². The van der Waals surface area contributed by atoms with E-state index in [4.69, 9.17) is 0 Å². The van der Waals surface area contributed by atoms with E-state index in [0.717, 1.165) is 44.8 Å². The number of nitro groups is 1. The lowest BCUT2D eigenvalue weighted by atomic mass is 10.0. The summed E-state index contributed by atoms with van der Waals surface area (Å²) in [6.07, 6.45) is 4.26. The zero-order chi connectivity index (χ0) is 15.0. The molecule has 0 bridgehead atoms. The molecule has 2 unspecified atom stereocenters. The van der Waals surface area contributed by atoms with Gasteiger partial charge in [-0.15, -0.1) is 0 Å². The third kappa shape index (κ3) is 2.76. The molecule has 2 fully saturated rings. The molecule has 1 aromatic carbocycles. The zero-order valence-electron chi connectivity index (χ0n) is 11.5. The Balaban J connectivity index is 1.98. The summed E-state index contributed by atoms with van der Waals surface area (Å²) in [7, 11) is 0. The molecule has 0 radical (unpaired) electrons. The van der Waals surface area contributed by atoms with Crippen molar-refractivity contribution in [3.8, 4) is 0 Å². The predicted molar refractivity (Wildman–Crippen MR) is 82.1 cm³/mol. The van der Waals surface area contributed by atoms with Gasteiger partial charge in [0.2, 0.25) is 0 Å². The van der Waals surface area contributed by atoms with Crippen LogP contribution in [0.3, 0.4) is 0 Å². The molecule has 2 heterocycles. The van der Waals surface area contributed by atoms with Crippen LogP contribution < -0.4 is 10.2 Å². The van der Waals surface area contributed by atoms with Gasteiger partial charge in [0.15, 0.2) is 0 Å². The van der Waals surface area contributed by atoms with Crippen molar-refractivity contribution in [2.45, 2.75) is 37.8 Å². The van der Waals surface area contributed by atoms with Gasteiger partial charge in [-0.3, -0.25) is 10.1 Å². The van der Waals surface area contributed by atoms with E-state index >= 15 is 0 Å². The normalized spacial score (nSPS) is 25.5. The summed E-state index contributed by atoms with van der Waals surface area (Å²) < 4.78 is 13.9. The van der Waals surface area contributed by atoms with Gasteiger partial charge in [-0.2, -0.15) is 0 Å². The Kier molecular flexibility index (Phi) is 4.12. The molecule has 0 aliphatic carbocycles. The van der Waals surface area contributed by atoms with E-state index in [2.05, 4.69) is 26.1 Å². The van der Waals surface area contributed by atoms with Gasteiger partial charge in [-0.05, 0) is 54.2 Å². The van der Waals surface area contributed by atoms with Crippen LogP contribution in [0.2, 0.25) is 0 Å². The lowest BCUT2D eigenvalue weighted by Crippen LogP contribution is -2.44. The van der Waals surface area contributed by atoms with E-state index in [1.165, 1.54) is 0 Å². The van der Waals surface area contributed by atoms with Crippen LogP contribution in [0.5, 0.6) is 0 Å². The minimum atomic E-state index is -0.597. The monoisotopic (exact) mass is 357 g/mol. The minimum absolute atomic E-state index is 0.152. The summed E-state index contributed by atoms with van der Waals surface area (Å²) >= 11 is 3.14. The SMILES string of the molecule is O=[N+]([O-])c1cc(F)c(Br)cc1N1CCCC1C1CCCN1. The van der Waals surface area contributed by atoms with E-state index in [9.17, 15) is 14.5 Å². The smallest absolute Gasteiger partial charge is 0.295 e. The van der Waals surface area contributed by atoms with E-state index in [-0.39, 0.29) is 16.2 Å². The van der Waals surface area contributed by atoms with Crippen LogP contribution in [-0.4, -0.2) is 30.1 Å². The van der Waals surface area contributed by atoms with E-state index < -0.39 is 10.7 Å². The lowest BCUT2D eigenvalue weighted by molar-refractivity contribution is -0.384. The van der Waals surface area contributed by atoms with E-state index in [1.54, 1.807) is 6.07 Å². The third-order valence-electron chi connectivity index (χ3n) is 4.39.